The Kier molecular flexibility index (Phi) is 5.06. The van der Waals surface area contributed by atoms with E-state index < -0.39 is 5.60 Å². The summed E-state index contributed by atoms with van der Waals surface area (Å²) in [5.41, 5.74) is -0.160. The van der Waals surface area contributed by atoms with E-state index >= 15 is 0 Å². The summed E-state index contributed by atoms with van der Waals surface area (Å²) in [4.78, 5) is 26.6. The summed E-state index contributed by atoms with van der Waals surface area (Å²) in [6, 6.07) is 9.68. The summed E-state index contributed by atoms with van der Waals surface area (Å²) in [7, 11) is 0. The molecule has 136 valence electrons. The van der Waals surface area contributed by atoms with Crippen LogP contribution < -0.4 is 15.0 Å². The Balaban J connectivity index is 1.85. The van der Waals surface area contributed by atoms with Crippen LogP contribution >= 0.6 is 34.8 Å². The molecule has 1 heterocycles. The van der Waals surface area contributed by atoms with E-state index in [0.29, 0.717) is 32.2 Å². The van der Waals surface area contributed by atoms with E-state index in [1.807, 2.05) is 0 Å². The highest BCUT2D eigenvalue weighted by atomic mass is 35.5. The minimum absolute atomic E-state index is 0.195. The Labute approximate surface area is 165 Å². The number of nitrogens with zero attached hydrogens (tertiary/aromatic N) is 1. The van der Waals surface area contributed by atoms with Crippen molar-refractivity contribution in [3.63, 3.8) is 0 Å². The Morgan fingerprint density at radius 3 is 2.54 bits per heavy atom. The summed E-state index contributed by atoms with van der Waals surface area (Å²) in [6.45, 7) is 3.10. The van der Waals surface area contributed by atoms with Gasteiger partial charge >= 0.3 is 0 Å². The number of halogens is 3. The molecule has 0 spiro atoms. The lowest BCUT2D eigenvalue weighted by Gasteiger charge is -2.38. The van der Waals surface area contributed by atoms with Crippen LogP contribution in [0, 0.1) is 0 Å². The summed E-state index contributed by atoms with van der Waals surface area (Å²) in [6.07, 6.45) is 0. The zero-order valence-corrected chi connectivity index (χ0v) is 16.2. The lowest BCUT2D eigenvalue weighted by molar-refractivity contribution is -0.133. The molecule has 1 aliphatic heterocycles. The first-order valence-electron chi connectivity index (χ1n) is 7.73. The predicted molar refractivity (Wildman–Crippen MR) is 104 cm³/mol. The van der Waals surface area contributed by atoms with E-state index in [-0.39, 0.29) is 18.4 Å². The number of amides is 2. The first-order chi connectivity index (χ1) is 12.2. The van der Waals surface area contributed by atoms with Crippen LogP contribution in [0.4, 0.5) is 11.4 Å². The highest BCUT2D eigenvalue weighted by Crippen LogP contribution is 2.39. The molecule has 2 amide bonds. The number of anilines is 2. The van der Waals surface area contributed by atoms with Gasteiger partial charge in [-0.1, -0.05) is 34.8 Å². The molecule has 26 heavy (non-hydrogen) atoms. The minimum Gasteiger partial charge on any atom is -0.476 e. The van der Waals surface area contributed by atoms with E-state index in [1.54, 1.807) is 44.2 Å². The molecule has 2 aromatic rings. The minimum atomic E-state index is -1.09. The largest absolute Gasteiger partial charge is 0.476 e. The fraction of sp³-hybridized carbons (Fsp3) is 0.222. The van der Waals surface area contributed by atoms with E-state index in [0.717, 1.165) is 0 Å². The second kappa shape index (κ2) is 6.99. The summed E-state index contributed by atoms with van der Waals surface area (Å²) in [5.74, 6) is -0.238. The lowest BCUT2D eigenvalue weighted by atomic mass is 10.0. The van der Waals surface area contributed by atoms with Crippen molar-refractivity contribution < 1.29 is 14.3 Å². The Bertz CT molecular complexity index is 899. The third kappa shape index (κ3) is 3.75. The van der Waals surface area contributed by atoms with Crippen LogP contribution in [0.1, 0.15) is 13.8 Å². The van der Waals surface area contributed by atoms with Crippen LogP contribution in [-0.2, 0) is 9.59 Å². The van der Waals surface area contributed by atoms with Crippen molar-refractivity contribution in [2.24, 2.45) is 0 Å². The fourth-order valence-corrected chi connectivity index (χ4v) is 3.08. The van der Waals surface area contributed by atoms with Crippen molar-refractivity contribution in [2.75, 3.05) is 16.8 Å². The van der Waals surface area contributed by atoms with Crippen LogP contribution in [-0.4, -0.2) is 24.0 Å². The number of carbonyl (C=O) groups excluding carboxylic acids is 2. The molecule has 0 radical (unpaired) electrons. The molecule has 0 unspecified atom stereocenters. The Morgan fingerprint density at radius 1 is 1.12 bits per heavy atom. The van der Waals surface area contributed by atoms with Gasteiger partial charge in [0.25, 0.3) is 5.91 Å². The van der Waals surface area contributed by atoms with Gasteiger partial charge in [-0.2, -0.15) is 0 Å². The maximum atomic E-state index is 12.7. The van der Waals surface area contributed by atoms with Gasteiger partial charge in [0, 0.05) is 10.7 Å². The quantitative estimate of drug-likeness (QED) is 0.787. The zero-order valence-electron chi connectivity index (χ0n) is 14.0. The SMILES string of the molecule is CC1(C)Oc2ccc(Cl)cc2N(CC(=O)Nc2ccc(Cl)c(Cl)c2)C1=O. The number of benzene rings is 2. The van der Waals surface area contributed by atoms with Gasteiger partial charge in [0.15, 0.2) is 5.60 Å². The number of hydrogen-bond acceptors (Lipinski definition) is 3. The number of ether oxygens (including phenoxy) is 1. The van der Waals surface area contributed by atoms with Gasteiger partial charge in [0.2, 0.25) is 5.91 Å². The normalized spacial score (nSPS) is 15.3. The van der Waals surface area contributed by atoms with Crippen molar-refractivity contribution in [1.82, 2.24) is 0 Å². The average molecular weight is 414 g/mol. The molecule has 1 N–H and O–H groups in total. The van der Waals surface area contributed by atoms with Crippen LogP contribution in [0.25, 0.3) is 0 Å². The van der Waals surface area contributed by atoms with Gasteiger partial charge in [-0.3, -0.25) is 14.5 Å². The molecule has 2 aromatic carbocycles. The van der Waals surface area contributed by atoms with Gasteiger partial charge in [0.1, 0.15) is 12.3 Å². The summed E-state index contributed by atoms with van der Waals surface area (Å²) < 4.78 is 5.73. The molecule has 0 bridgehead atoms. The maximum Gasteiger partial charge on any atom is 0.271 e. The smallest absolute Gasteiger partial charge is 0.271 e. The molecule has 0 aromatic heterocycles. The van der Waals surface area contributed by atoms with Crippen molar-refractivity contribution in [2.45, 2.75) is 19.4 Å². The van der Waals surface area contributed by atoms with Crippen molar-refractivity contribution in [1.29, 1.82) is 0 Å². The highest BCUT2D eigenvalue weighted by molar-refractivity contribution is 6.42. The second-order valence-electron chi connectivity index (χ2n) is 6.29. The highest BCUT2D eigenvalue weighted by Gasteiger charge is 2.41. The molecule has 0 aliphatic carbocycles. The number of carbonyl (C=O) groups is 2. The number of rotatable bonds is 3. The van der Waals surface area contributed by atoms with E-state index in [1.165, 1.54) is 11.0 Å². The number of fused-ring (bicyclic) bond motifs is 1. The number of hydrogen-bond donors (Lipinski definition) is 1. The van der Waals surface area contributed by atoms with Crippen LogP contribution in [0.3, 0.4) is 0 Å². The topological polar surface area (TPSA) is 58.6 Å². The third-order valence-corrected chi connectivity index (χ3v) is 4.82. The molecule has 8 heteroatoms. The van der Waals surface area contributed by atoms with Crippen LogP contribution in [0.5, 0.6) is 5.75 Å². The fourth-order valence-electron chi connectivity index (χ4n) is 2.62. The van der Waals surface area contributed by atoms with Crippen molar-refractivity contribution >= 4 is 58.0 Å². The third-order valence-electron chi connectivity index (χ3n) is 3.84. The van der Waals surface area contributed by atoms with Crippen LogP contribution in [0.2, 0.25) is 15.1 Å². The molecule has 0 atom stereocenters. The molecule has 5 nitrogen and oxygen atoms in total. The number of nitrogens with one attached hydrogen (secondary N) is 1. The van der Waals surface area contributed by atoms with E-state index in [9.17, 15) is 9.59 Å². The van der Waals surface area contributed by atoms with Crippen molar-refractivity contribution in [3.8, 4) is 5.75 Å². The summed E-state index contributed by atoms with van der Waals surface area (Å²) >= 11 is 17.9. The van der Waals surface area contributed by atoms with E-state index in [4.69, 9.17) is 39.5 Å². The Morgan fingerprint density at radius 2 is 1.85 bits per heavy atom. The van der Waals surface area contributed by atoms with Gasteiger partial charge in [-0.25, -0.2) is 0 Å². The monoisotopic (exact) mass is 412 g/mol. The predicted octanol–water partition coefficient (Wildman–Crippen LogP) is 4.79. The second-order valence-corrected chi connectivity index (χ2v) is 7.54. The molecule has 0 fully saturated rings. The molecule has 1 aliphatic rings. The molecular formula is C18H15Cl3N2O3. The molecule has 0 saturated carbocycles. The molecular weight excluding hydrogens is 399 g/mol. The molecule has 0 saturated heterocycles. The zero-order chi connectivity index (χ0) is 19.1. The first-order valence-corrected chi connectivity index (χ1v) is 8.86. The summed E-state index contributed by atoms with van der Waals surface area (Å²) in [5, 5.41) is 3.85. The average Bonchev–Trinajstić information content (AvgIpc) is 2.56. The van der Waals surface area contributed by atoms with Gasteiger partial charge < -0.3 is 10.1 Å². The van der Waals surface area contributed by atoms with Gasteiger partial charge in [-0.15, -0.1) is 0 Å². The lowest BCUT2D eigenvalue weighted by Crippen LogP contribution is -2.54. The van der Waals surface area contributed by atoms with Crippen LogP contribution in [0.15, 0.2) is 36.4 Å². The van der Waals surface area contributed by atoms with E-state index in [2.05, 4.69) is 5.32 Å². The Hall–Kier alpha value is -1.95. The van der Waals surface area contributed by atoms with Gasteiger partial charge in [-0.05, 0) is 50.2 Å². The standard InChI is InChI=1S/C18H15Cl3N2O3/c1-18(2)17(25)23(14-7-10(19)3-6-15(14)26-18)9-16(24)22-11-4-5-12(20)13(21)8-11/h3-8H,9H2,1-2H3,(H,22,24). The maximum absolute atomic E-state index is 12.7. The van der Waals surface area contributed by atoms with Gasteiger partial charge in [0.05, 0.1) is 15.7 Å². The molecule has 3 rings (SSSR count). The van der Waals surface area contributed by atoms with Crippen molar-refractivity contribution in [3.05, 3.63) is 51.5 Å². The first kappa shape index (κ1) is 18.8.